The minimum atomic E-state index is -0.189. The quantitative estimate of drug-likeness (QED) is 0.283. The number of nitrogens with one attached hydrogen (secondary N) is 1. The third kappa shape index (κ3) is 5.65. The molecular weight excluding hydrogens is 458 g/mol. The molecule has 0 aliphatic heterocycles. The number of nitrogens with zero attached hydrogens (tertiary/aromatic N) is 4. The van der Waals surface area contributed by atoms with E-state index < -0.39 is 0 Å². The van der Waals surface area contributed by atoms with Crippen LogP contribution in [0.5, 0.6) is 0 Å². The zero-order chi connectivity index (χ0) is 25.2. The Morgan fingerprint density at radius 3 is 2.43 bits per heavy atom. The van der Waals surface area contributed by atoms with Gasteiger partial charge in [-0.2, -0.15) is 5.10 Å². The topological polar surface area (TPSA) is 81.8 Å². The number of amides is 1. The van der Waals surface area contributed by atoms with Crippen molar-refractivity contribution < 1.29 is 4.79 Å². The summed E-state index contributed by atoms with van der Waals surface area (Å²) in [6.45, 7) is 10.9. The van der Waals surface area contributed by atoms with Crippen molar-refractivity contribution in [1.29, 1.82) is 0 Å². The van der Waals surface area contributed by atoms with Gasteiger partial charge in [-0.1, -0.05) is 76.7 Å². The molecule has 35 heavy (non-hydrogen) atoms. The average molecular weight is 490 g/mol. The molecule has 0 fully saturated rings. The molecule has 182 valence electrons. The summed E-state index contributed by atoms with van der Waals surface area (Å²) >= 11 is 1.27. The van der Waals surface area contributed by atoms with E-state index in [1.165, 1.54) is 11.8 Å². The molecule has 4 rings (SSSR count). The van der Waals surface area contributed by atoms with Crippen molar-refractivity contribution in [3.05, 3.63) is 76.7 Å². The van der Waals surface area contributed by atoms with Gasteiger partial charge in [0.05, 0.1) is 28.0 Å². The number of para-hydroxylation sites is 2. The first kappa shape index (κ1) is 24.7. The van der Waals surface area contributed by atoms with Crippen LogP contribution in [0.2, 0.25) is 0 Å². The van der Waals surface area contributed by atoms with Crippen molar-refractivity contribution in [3.63, 3.8) is 0 Å². The second-order valence-electron chi connectivity index (χ2n) is 9.97. The van der Waals surface area contributed by atoms with E-state index in [1.807, 2.05) is 54.6 Å². The highest BCUT2D eigenvalue weighted by molar-refractivity contribution is 7.99. The van der Waals surface area contributed by atoms with Crippen LogP contribution in [0.25, 0.3) is 16.6 Å². The fraction of sp³-hybridized carbons (Fsp3) is 0.333. The van der Waals surface area contributed by atoms with Crippen molar-refractivity contribution in [3.8, 4) is 5.69 Å². The molecule has 0 aliphatic rings. The van der Waals surface area contributed by atoms with Gasteiger partial charge < -0.3 is 5.32 Å². The van der Waals surface area contributed by atoms with Crippen LogP contribution in [0.15, 0.2) is 70.6 Å². The Morgan fingerprint density at radius 2 is 1.74 bits per heavy atom. The number of hydrogen-bond donors (Lipinski definition) is 1. The van der Waals surface area contributed by atoms with E-state index in [4.69, 9.17) is 10.1 Å². The molecule has 2 aromatic heterocycles. The van der Waals surface area contributed by atoms with Gasteiger partial charge in [-0.05, 0) is 30.2 Å². The maximum absolute atomic E-state index is 13.1. The lowest BCUT2D eigenvalue weighted by Crippen LogP contribution is -2.26. The van der Waals surface area contributed by atoms with Crippen LogP contribution in [-0.2, 0) is 16.8 Å². The van der Waals surface area contributed by atoms with Gasteiger partial charge in [0.15, 0.2) is 5.16 Å². The fourth-order valence-electron chi connectivity index (χ4n) is 3.70. The van der Waals surface area contributed by atoms with Crippen molar-refractivity contribution >= 4 is 34.4 Å². The molecule has 2 aromatic carbocycles. The minimum absolute atomic E-state index is 0.0795. The first-order chi connectivity index (χ1) is 16.6. The number of rotatable bonds is 7. The second kappa shape index (κ2) is 10.1. The monoisotopic (exact) mass is 489 g/mol. The number of hydrogen-bond acceptors (Lipinski definition) is 5. The highest BCUT2D eigenvalue weighted by Gasteiger charge is 2.22. The summed E-state index contributed by atoms with van der Waals surface area (Å²) in [6, 6.07) is 19.0. The molecule has 0 spiro atoms. The molecule has 0 unspecified atom stereocenters. The Kier molecular flexibility index (Phi) is 7.12. The lowest BCUT2D eigenvalue weighted by molar-refractivity contribution is -0.113. The van der Waals surface area contributed by atoms with E-state index in [-0.39, 0.29) is 28.6 Å². The lowest BCUT2D eigenvalue weighted by atomic mass is 9.92. The third-order valence-corrected chi connectivity index (χ3v) is 6.43. The highest BCUT2D eigenvalue weighted by Crippen LogP contribution is 2.27. The standard InChI is InChI=1S/C27H31N5O2S/c1-18(2)16-31-25(34)20-13-9-10-14-21(20)28-26(31)35-17-24(33)29-23-15-22(27(3,4)5)30-32(23)19-11-7-6-8-12-19/h6-15,18H,16-17H2,1-5H3,(H,29,33). The zero-order valence-electron chi connectivity index (χ0n) is 20.8. The van der Waals surface area contributed by atoms with E-state index in [2.05, 4.69) is 39.9 Å². The van der Waals surface area contributed by atoms with Crippen LogP contribution >= 0.6 is 11.8 Å². The molecule has 0 atom stereocenters. The number of carbonyl (C=O) groups is 1. The first-order valence-electron chi connectivity index (χ1n) is 11.7. The number of anilines is 1. The minimum Gasteiger partial charge on any atom is -0.310 e. The Bertz CT molecular complexity index is 1400. The van der Waals surface area contributed by atoms with Crippen LogP contribution in [0, 0.1) is 5.92 Å². The second-order valence-corrected chi connectivity index (χ2v) is 10.9. The largest absolute Gasteiger partial charge is 0.310 e. The Morgan fingerprint density at radius 1 is 1.06 bits per heavy atom. The number of fused-ring (bicyclic) bond motifs is 1. The number of carbonyl (C=O) groups excluding carboxylic acids is 1. The normalized spacial score (nSPS) is 11.8. The van der Waals surface area contributed by atoms with Gasteiger partial charge in [0.2, 0.25) is 5.91 Å². The molecule has 2 heterocycles. The third-order valence-electron chi connectivity index (χ3n) is 5.45. The molecule has 0 saturated heterocycles. The predicted octanol–water partition coefficient (Wildman–Crippen LogP) is 5.27. The van der Waals surface area contributed by atoms with E-state index in [9.17, 15) is 9.59 Å². The number of benzene rings is 2. The Labute approximate surface area is 209 Å². The van der Waals surface area contributed by atoms with Gasteiger partial charge in [0.1, 0.15) is 5.82 Å². The van der Waals surface area contributed by atoms with E-state index in [1.54, 1.807) is 15.3 Å². The van der Waals surface area contributed by atoms with Gasteiger partial charge in [-0.3, -0.25) is 14.2 Å². The van der Waals surface area contributed by atoms with Crippen LogP contribution in [-0.4, -0.2) is 31.0 Å². The van der Waals surface area contributed by atoms with Crippen molar-refractivity contribution in [2.75, 3.05) is 11.1 Å². The first-order valence-corrected chi connectivity index (χ1v) is 12.7. The molecule has 0 radical (unpaired) electrons. The summed E-state index contributed by atoms with van der Waals surface area (Å²) in [7, 11) is 0. The molecule has 4 aromatic rings. The van der Waals surface area contributed by atoms with Crippen LogP contribution in [0.4, 0.5) is 5.82 Å². The summed E-state index contributed by atoms with van der Waals surface area (Å²) in [5.74, 6) is 0.803. The van der Waals surface area contributed by atoms with Gasteiger partial charge in [0.25, 0.3) is 5.56 Å². The van der Waals surface area contributed by atoms with Gasteiger partial charge in [0, 0.05) is 18.0 Å². The van der Waals surface area contributed by atoms with Gasteiger partial charge in [-0.15, -0.1) is 0 Å². The Hall–Kier alpha value is -3.39. The Balaban J connectivity index is 1.59. The lowest BCUT2D eigenvalue weighted by Gasteiger charge is -2.15. The molecule has 7 nitrogen and oxygen atoms in total. The van der Waals surface area contributed by atoms with Crippen molar-refractivity contribution in [1.82, 2.24) is 19.3 Å². The maximum Gasteiger partial charge on any atom is 0.262 e. The SMILES string of the molecule is CC(C)Cn1c(SCC(=O)Nc2cc(C(C)(C)C)nn2-c2ccccc2)nc2ccccc2c1=O. The fourth-order valence-corrected chi connectivity index (χ4v) is 4.50. The summed E-state index contributed by atoms with van der Waals surface area (Å²) < 4.78 is 3.43. The zero-order valence-corrected chi connectivity index (χ0v) is 21.6. The summed E-state index contributed by atoms with van der Waals surface area (Å²) in [5, 5.41) is 8.89. The average Bonchev–Trinajstić information content (AvgIpc) is 3.24. The smallest absolute Gasteiger partial charge is 0.262 e. The molecule has 0 saturated carbocycles. The van der Waals surface area contributed by atoms with E-state index in [0.717, 1.165) is 11.4 Å². The summed E-state index contributed by atoms with van der Waals surface area (Å²) in [6.07, 6.45) is 0. The molecule has 1 N–H and O–H groups in total. The summed E-state index contributed by atoms with van der Waals surface area (Å²) in [5.41, 5.74) is 2.14. The number of aromatic nitrogens is 4. The van der Waals surface area contributed by atoms with E-state index in [0.29, 0.717) is 28.4 Å². The van der Waals surface area contributed by atoms with Crippen molar-refractivity contribution in [2.45, 2.75) is 51.7 Å². The van der Waals surface area contributed by atoms with Gasteiger partial charge in [-0.25, -0.2) is 9.67 Å². The van der Waals surface area contributed by atoms with E-state index >= 15 is 0 Å². The van der Waals surface area contributed by atoms with Crippen LogP contribution < -0.4 is 10.9 Å². The summed E-state index contributed by atoms with van der Waals surface area (Å²) in [4.78, 5) is 30.8. The molecule has 1 amide bonds. The molecule has 8 heteroatoms. The highest BCUT2D eigenvalue weighted by atomic mass is 32.2. The molecule has 0 aliphatic carbocycles. The van der Waals surface area contributed by atoms with Crippen LogP contribution in [0.1, 0.15) is 40.3 Å². The predicted molar refractivity (Wildman–Crippen MR) is 142 cm³/mol. The van der Waals surface area contributed by atoms with Crippen LogP contribution in [0.3, 0.4) is 0 Å². The molecular formula is C27H31N5O2S. The number of thioether (sulfide) groups is 1. The molecule has 0 bridgehead atoms. The van der Waals surface area contributed by atoms with Crippen molar-refractivity contribution in [2.24, 2.45) is 5.92 Å². The maximum atomic E-state index is 13.1. The van der Waals surface area contributed by atoms with Gasteiger partial charge >= 0.3 is 0 Å².